The molecule has 0 fully saturated rings. The Hall–Kier alpha value is -3.86. The molecule has 0 saturated heterocycles. The Balaban J connectivity index is 1.74. The minimum Gasteiger partial charge on any atom is -0.497 e. The summed E-state index contributed by atoms with van der Waals surface area (Å²) in [5.41, 5.74) is 3.63. The number of hydrogen-bond acceptors (Lipinski definition) is 3. The van der Waals surface area contributed by atoms with Crippen LogP contribution in [0.15, 0.2) is 91.0 Å². The molecule has 0 atom stereocenters. The van der Waals surface area contributed by atoms with Crippen LogP contribution in [0.2, 0.25) is 0 Å². The molecule has 138 valence electrons. The molecular formula is C23H19N3O2. The van der Waals surface area contributed by atoms with Crippen LogP contribution in [0.25, 0.3) is 16.9 Å². The molecule has 4 aromatic rings. The van der Waals surface area contributed by atoms with Gasteiger partial charge in [0.1, 0.15) is 11.4 Å². The van der Waals surface area contributed by atoms with E-state index in [1.165, 1.54) is 0 Å². The predicted octanol–water partition coefficient (Wildman–Crippen LogP) is 4.80. The summed E-state index contributed by atoms with van der Waals surface area (Å²) in [5, 5.41) is 7.62. The van der Waals surface area contributed by atoms with Crippen LogP contribution < -0.4 is 10.1 Å². The molecule has 3 aromatic carbocycles. The maximum Gasteiger partial charge on any atom is 0.274 e. The highest BCUT2D eigenvalue weighted by Crippen LogP contribution is 2.24. The van der Waals surface area contributed by atoms with Crippen LogP contribution in [0.1, 0.15) is 10.5 Å². The first-order valence-electron chi connectivity index (χ1n) is 8.91. The van der Waals surface area contributed by atoms with Gasteiger partial charge in [0.15, 0.2) is 0 Å². The topological polar surface area (TPSA) is 56.1 Å². The van der Waals surface area contributed by atoms with Crippen LogP contribution in [-0.4, -0.2) is 22.8 Å². The van der Waals surface area contributed by atoms with Crippen molar-refractivity contribution in [3.8, 4) is 22.7 Å². The van der Waals surface area contributed by atoms with Crippen molar-refractivity contribution >= 4 is 11.6 Å². The van der Waals surface area contributed by atoms with Gasteiger partial charge in [0, 0.05) is 11.3 Å². The molecule has 0 unspecified atom stereocenters. The molecule has 5 heteroatoms. The van der Waals surface area contributed by atoms with E-state index in [1.807, 2.05) is 84.9 Å². The van der Waals surface area contributed by atoms with Crippen LogP contribution in [0, 0.1) is 0 Å². The van der Waals surface area contributed by atoms with Gasteiger partial charge < -0.3 is 10.1 Å². The van der Waals surface area contributed by atoms with Crippen molar-refractivity contribution in [1.82, 2.24) is 9.78 Å². The van der Waals surface area contributed by atoms with Crippen molar-refractivity contribution in [2.75, 3.05) is 12.4 Å². The molecule has 1 heterocycles. The van der Waals surface area contributed by atoms with E-state index in [-0.39, 0.29) is 5.91 Å². The third-order valence-corrected chi connectivity index (χ3v) is 4.36. The number of para-hydroxylation sites is 2. The molecule has 1 amide bonds. The molecule has 0 radical (unpaired) electrons. The van der Waals surface area contributed by atoms with E-state index in [0.717, 1.165) is 22.7 Å². The van der Waals surface area contributed by atoms with Crippen LogP contribution in [-0.2, 0) is 0 Å². The van der Waals surface area contributed by atoms with Gasteiger partial charge in [0.05, 0.1) is 18.5 Å². The number of carbonyl (C=O) groups excluding carboxylic acids is 1. The lowest BCUT2D eigenvalue weighted by Crippen LogP contribution is -2.16. The maximum absolute atomic E-state index is 13.0. The van der Waals surface area contributed by atoms with E-state index in [1.54, 1.807) is 17.9 Å². The zero-order valence-corrected chi connectivity index (χ0v) is 15.4. The quantitative estimate of drug-likeness (QED) is 0.550. The molecular weight excluding hydrogens is 350 g/mol. The Bertz CT molecular complexity index is 1070. The first kappa shape index (κ1) is 17.5. The molecule has 0 aliphatic heterocycles. The fraction of sp³-hybridized carbons (Fsp3) is 0.0435. The van der Waals surface area contributed by atoms with E-state index in [4.69, 9.17) is 4.74 Å². The Morgan fingerprint density at radius 1 is 0.893 bits per heavy atom. The highest BCUT2D eigenvalue weighted by molar-refractivity contribution is 6.04. The van der Waals surface area contributed by atoms with Crippen molar-refractivity contribution < 1.29 is 9.53 Å². The van der Waals surface area contributed by atoms with E-state index in [9.17, 15) is 4.79 Å². The summed E-state index contributed by atoms with van der Waals surface area (Å²) in [6, 6.07) is 28.4. The lowest BCUT2D eigenvalue weighted by Gasteiger charge is -2.08. The van der Waals surface area contributed by atoms with Gasteiger partial charge in [-0.2, -0.15) is 5.10 Å². The second-order valence-electron chi connectivity index (χ2n) is 6.21. The summed E-state index contributed by atoms with van der Waals surface area (Å²) in [6.07, 6.45) is 0. The minimum absolute atomic E-state index is 0.220. The summed E-state index contributed by atoms with van der Waals surface area (Å²) < 4.78 is 6.88. The van der Waals surface area contributed by atoms with Crippen molar-refractivity contribution in [3.63, 3.8) is 0 Å². The first-order valence-corrected chi connectivity index (χ1v) is 8.91. The Labute approximate surface area is 163 Å². The van der Waals surface area contributed by atoms with E-state index in [0.29, 0.717) is 11.4 Å². The molecule has 0 aliphatic rings. The summed E-state index contributed by atoms with van der Waals surface area (Å²) in [7, 11) is 1.63. The van der Waals surface area contributed by atoms with Crippen LogP contribution >= 0.6 is 0 Å². The molecule has 4 rings (SSSR count). The number of methoxy groups -OCH3 is 1. The largest absolute Gasteiger partial charge is 0.497 e. The van der Waals surface area contributed by atoms with Crippen LogP contribution in [0.4, 0.5) is 5.69 Å². The standard InChI is InChI=1S/C23H19N3O2/c1-28-20-14-12-17(13-15-20)21-16-22(23(27)24-18-8-4-2-5-9-18)26(25-21)19-10-6-3-7-11-19/h2-16H,1H3,(H,24,27). The van der Waals surface area contributed by atoms with Gasteiger partial charge in [0.25, 0.3) is 5.91 Å². The van der Waals surface area contributed by atoms with Gasteiger partial charge in [-0.1, -0.05) is 36.4 Å². The van der Waals surface area contributed by atoms with E-state index >= 15 is 0 Å². The number of anilines is 1. The number of rotatable bonds is 5. The number of carbonyl (C=O) groups is 1. The fourth-order valence-corrected chi connectivity index (χ4v) is 2.93. The predicted molar refractivity (Wildman–Crippen MR) is 110 cm³/mol. The van der Waals surface area contributed by atoms with Crippen molar-refractivity contribution in [2.45, 2.75) is 0 Å². The molecule has 0 bridgehead atoms. The number of amides is 1. The monoisotopic (exact) mass is 369 g/mol. The minimum atomic E-state index is -0.220. The average Bonchev–Trinajstić information content (AvgIpc) is 3.21. The Kier molecular flexibility index (Phi) is 4.89. The second-order valence-corrected chi connectivity index (χ2v) is 6.21. The maximum atomic E-state index is 13.0. The number of aromatic nitrogens is 2. The highest BCUT2D eigenvalue weighted by atomic mass is 16.5. The van der Waals surface area contributed by atoms with Gasteiger partial charge in [-0.3, -0.25) is 4.79 Å². The molecule has 5 nitrogen and oxygen atoms in total. The number of hydrogen-bond donors (Lipinski definition) is 1. The van der Waals surface area contributed by atoms with E-state index < -0.39 is 0 Å². The van der Waals surface area contributed by atoms with Crippen molar-refractivity contribution in [2.24, 2.45) is 0 Å². The highest BCUT2D eigenvalue weighted by Gasteiger charge is 2.18. The smallest absolute Gasteiger partial charge is 0.274 e. The van der Waals surface area contributed by atoms with Gasteiger partial charge in [-0.25, -0.2) is 4.68 Å². The molecule has 0 aliphatic carbocycles. The lowest BCUT2D eigenvalue weighted by molar-refractivity contribution is 0.101. The average molecular weight is 369 g/mol. The summed E-state index contributed by atoms with van der Waals surface area (Å²) in [6.45, 7) is 0. The van der Waals surface area contributed by atoms with Gasteiger partial charge >= 0.3 is 0 Å². The third-order valence-electron chi connectivity index (χ3n) is 4.36. The molecule has 1 N–H and O–H groups in total. The fourth-order valence-electron chi connectivity index (χ4n) is 2.93. The number of nitrogens with one attached hydrogen (secondary N) is 1. The molecule has 28 heavy (non-hydrogen) atoms. The molecule has 0 saturated carbocycles. The zero-order valence-electron chi connectivity index (χ0n) is 15.4. The molecule has 1 aromatic heterocycles. The lowest BCUT2D eigenvalue weighted by atomic mass is 10.1. The van der Waals surface area contributed by atoms with E-state index in [2.05, 4.69) is 10.4 Å². The second kappa shape index (κ2) is 7.80. The number of ether oxygens (including phenoxy) is 1. The zero-order chi connectivity index (χ0) is 19.3. The Morgan fingerprint density at radius 3 is 2.18 bits per heavy atom. The third kappa shape index (κ3) is 3.64. The Morgan fingerprint density at radius 2 is 1.54 bits per heavy atom. The van der Waals surface area contributed by atoms with Gasteiger partial charge in [-0.15, -0.1) is 0 Å². The van der Waals surface area contributed by atoms with Crippen molar-refractivity contribution in [3.05, 3.63) is 96.7 Å². The number of benzene rings is 3. The van der Waals surface area contributed by atoms with Crippen LogP contribution in [0.5, 0.6) is 5.75 Å². The summed E-state index contributed by atoms with van der Waals surface area (Å²) >= 11 is 0. The summed E-state index contributed by atoms with van der Waals surface area (Å²) in [4.78, 5) is 13.0. The molecule has 0 spiro atoms. The number of nitrogens with zero attached hydrogens (tertiary/aromatic N) is 2. The van der Waals surface area contributed by atoms with Gasteiger partial charge in [-0.05, 0) is 54.6 Å². The van der Waals surface area contributed by atoms with Gasteiger partial charge in [0.2, 0.25) is 0 Å². The summed E-state index contributed by atoms with van der Waals surface area (Å²) in [5.74, 6) is 0.551. The first-order chi connectivity index (χ1) is 13.7. The normalized spacial score (nSPS) is 10.5. The SMILES string of the molecule is COc1ccc(-c2cc(C(=O)Nc3ccccc3)n(-c3ccccc3)n2)cc1. The van der Waals surface area contributed by atoms with Crippen molar-refractivity contribution in [1.29, 1.82) is 0 Å². The van der Waals surface area contributed by atoms with Crippen LogP contribution in [0.3, 0.4) is 0 Å².